The predicted octanol–water partition coefficient (Wildman–Crippen LogP) is 3.63. The molecule has 1 fully saturated rings. The van der Waals surface area contributed by atoms with E-state index < -0.39 is 11.7 Å². The van der Waals surface area contributed by atoms with Crippen molar-refractivity contribution >= 4 is 23.2 Å². The van der Waals surface area contributed by atoms with E-state index in [0.717, 1.165) is 24.3 Å². The summed E-state index contributed by atoms with van der Waals surface area (Å²) in [5.41, 5.74) is 5.77. The molecule has 0 saturated carbocycles. The van der Waals surface area contributed by atoms with Crippen LogP contribution in [-0.4, -0.2) is 55.3 Å². The van der Waals surface area contributed by atoms with Crippen molar-refractivity contribution in [3.63, 3.8) is 0 Å². The second-order valence-electron chi connectivity index (χ2n) is 9.25. The number of aryl methyl sites for hydroxylation is 2. The Morgan fingerprint density at radius 1 is 1.08 bits per heavy atom. The average molecular weight is 509 g/mol. The summed E-state index contributed by atoms with van der Waals surface area (Å²) in [7, 11) is 2.70. The molecule has 0 radical (unpaired) electrons. The van der Waals surface area contributed by atoms with Gasteiger partial charge in [0.15, 0.2) is 11.6 Å². The summed E-state index contributed by atoms with van der Waals surface area (Å²) >= 11 is 0. The number of piperazine rings is 1. The zero-order valence-corrected chi connectivity index (χ0v) is 21.5. The number of nitrogens with zero attached hydrogens (tertiary/aromatic N) is 3. The third-order valence-corrected chi connectivity index (χ3v) is 6.23. The van der Waals surface area contributed by atoms with E-state index in [9.17, 15) is 9.18 Å². The molecule has 37 heavy (non-hydrogen) atoms. The normalized spacial score (nSPS) is 17.4. The fourth-order valence-electron chi connectivity index (χ4n) is 4.52. The topological polar surface area (TPSA) is 101 Å². The quantitative estimate of drug-likeness (QED) is 0.377. The van der Waals surface area contributed by atoms with Crippen LogP contribution in [0, 0.1) is 5.82 Å². The third-order valence-electron chi connectivity index (χ3n) is 6.23. The molecule has 0 aliphatic carbocycles. The van der Waals surface area contributed by atoms with Gasteiger partial charge in [-0.2, -0.15) is 0 Å². The van der Waals surface area contributed by atoms with Crippen LogP contribution in [0.15, 0.2) is 48.8 Å². The minimum Gasteiger partial charge on any atom is -0.494 e. The Labute approximate surface area is 216 Å². The highest BCUT2D eigenvalue weighted by Crippen LogP contribution is 2.25. The molecule has 2 heterocycles. The number of hydrogen-bond acceptors (Lipinski definition) is 8. The van der Waals surface area contributed by atoms with Crippen LogP contribution >= 0.6 is 0 Å². The highest BCUT2D eigenvalue weighted by molar-refractivity contribution is 5.94. The molecule has 2 aromatic carbocycles. The van der Waals surface area contributed by atoms with Crippen molar-refractivity contribution in [2.24, 2.45) is 0 Å². The van der Waals surface area contributed by atoms with E-state index in [1.54, 1.807) is 12.4 Å². The molecule has 1 aliphatic rings. The number of carbonyl (C=O) groups excluding carboxylic acids is 1. The van der Waals surface area contributed by atoms with E-state index in [2.05, 4.69) is 61.8 Å². The summed E-state index contributed by atoms with van der Waals surface area (Å²) in [6.07, 6.45) is 4.26. The number of anilines is 3. The summed E-state index contributed by atoms with van der Waals surface area (Å²) in [5.74, 6) is -0.497. The SMILES string of the molecule is CONC(=O)c1cc(CCc2cnc(Nc3ccc(N4C[C@@H](C)N[C@@H](C)C4)cc3)nc2)c(F)c(OC)c1. The molecular weight excluding hydrogens is 475 g/mol. The lowest BCUT2D eigenvalue weighted by Crippen LogP contribution is -2.54. The zero-order chi connectivity index (χ0) is 26.4. The molecule has 0 bridgehead atoms. The first-order valence-corrected chi connectivity index (χ1v) is 12.2. The van der Waals surface area contributed by atoms with E-state index in [0.29, 0.717) is 36.4 Å². The Kier molecular flexibility index (Phi) is 8.52. The summed E-state index contributed by atoms with van der Waals surface area (Å²) in [5, 5.41) is 6.77. The van der Waals surface area contributed by atoms with Crippen LogP contribution in [0.2, 0.25) is 0 Å². The zero-order valence-electron chi connectivity index (χ0n) is 21.5. The Balaban J connectivity index is 1.37. The predicted molar refractivity (Wildman–Crippen MR) is 141 cm³/mol. The van der Waals surface area contributed by atoms with Gasteiger partial charge in [0.1, 0.15) is 0 Å². The molecule has 1 amide bonds. The minimum atomic E-state index is -0.496. The maximum absolute atomic E-state index is 14.8. The number of hydrogen-bond donors (Lipinski definition) is 3. The molecule has 2 atom stereocenters. The van der Waals surface area contributed by atoms with Crippen LogP contribution < -0.4 is 25.8 Å². The lowest BCUT2D eigenvalue weighted by atomic mass is 10.0. The van der Waals surface area contributed by atoms with Crippen molar-refractivity contribution in [3.8, 4) is 5.75 Å². The molecule has 9 nitrogen and oxygen atoms in total. The Hall–Kier alpha value is -3.76. The summed E-state index contributed by atoms with van der Waals surface area (Å²) in [4.78, 5) is 28.0. The average Bonchev–Trinajstić information content (AvgIpc) is 2.89. The lowest BCUT2D eigenvalue weighted by molar-refractivity contribution is 0.0537. The molecule has 3 aromatic rings. The van der Waals surface area contributed by atoms with Gasteiger partial charge in [-0.3, -0.25) is 9.63 Å². The molecule has 3 N–H and O–H groups in total. The number of halogens is 1. The van der Waals surface area contributed by atoms with E-state index in [1.807, 2.05) is 12.1 Å². The second-order valence-corrected chi connectivity index (χ2v) is 9.25. The van der Waals surface area contributed by atoms with Gasteiger partial charge in [0, 0.05) is 54.5 Å². The van der Waals surface area contributed by atoms with Crippen LogP contribution in [0.4, 0.5) is 21.7 Å². The van der Waals surface area contributed by atoms with Crippen LogP contribution in [0.1, 0.15) is 35.3 Å². The van der Waals surface area contributed by atoms with Gasteiger partial charge in [-0.15, -0.1) is 0 Å². The van der Waals surface area contributed by atoms with Crippen molar-refractivity contribution in [2.75, 3.05) is 37.5 Å². The fourth-order valence-corrected chi connectivity index (χ4v) is 4.52. The highest BCUT2D eigenvalue weighted by Gasteiger charge is 2.21. The molecule has 10 heteroatoms. The Morgan fingerprint density at radius 3 is 2.38 bits per heavy atom. The second kappa shape index (κ2) is 12.0. The smallest absolute Gasteiger partial charge is 0.274 e. The van der Waals surface area contributed by atoms with Crippen molar-refractivity contribution in [3.05, 3.63) is 71.3 Å². The van der Waals surface area contributed by atoms with Gasteiger partial charge in [0.05, 0.1) is 14.2 Å². The molecule has 196 valence electrons. The van der Waals surface area contributed by atoms with Gasteiger partial charge >= 0.3 is 0 Å². The number of carbonyl (C=O) groups is 1. The van der Waals surface area contributed by atoms with Crippen molar-refractivity contribution in [2.45, 2.75) is 38.8 Å². The number of hydroxylamine groups is 1. The monoisotopic (exact) mass is 508 g/mol. The lowest BCUT2D eigenvalue weighted by Gasteiger charge is -2.37. The summed E-state index contributed by atoms with van der Waals surface area (Å²) in [6, 6.07) is 12.0. The number of amides is 1. The number of rotatable bonds is 9. The third kappa shape index (κ3) is 6.72. The molecule has 1 aromatic heterocycles. The first-order chi connectivity index (χ1) is 17.9. The van der Waals surface area contributed by atoms with E-state index in [1.165, 1.54) is 32.0 Å². The molecule has 0 spiro atoms. The first kappa shape index (κ1) is 26.3. The van der Waals surface area contributed by atoms with Crippen molar-refractivity contribution in [1.82, 2.24) is 20.8 Å². The van der Waals surface area contributed by atoms with Crippen LogP contribution in [0.25, 0.3) is 0 Å². The van der Waals surface area contributed by atoms with Gasteiger partial charge in [-0.25, -0.2) is 19.8 Å². The van der Waals surface area contributed by atoms with Crippen molar-refractivity contribution in [1.29, 1.82) is 0 Å². The highest BCUT2D eigenvalue weighted by atomic mass is 19.1. The number of benzene rings is 2. The van der Waals surface area contributed by atoms with Gasteiger partial charge in [0.2, 0.25) is 5.95 Å². The van der Waals surface area contributed by atoms with Crippen LogP contribution in [0.5, 0.6) is 5.75 Å². The van der Waals surface area contributed by atoms with Gasteiger partial charge in [-0.1, -0.05) is 0 Å². The minimum absolute atomic E-state index is 0.00143. The number of aromatic nitrogens is 2. The van der Waals surface area contributed by atoms with Crippen LogP contribution in [-0.2, 0) is 17.7 Å². The Bertz CT molecular complexity index is 1200. The number of ether oxygens (including phenoxy) is 1. The standard InChI is InChI=1S/C27H33FN6O3/c1-17-15-34(16-18(2)31-17)23-9-7-22(8-10-23)32-27-29-13-19(14-30-27)5-6-20-11-21(26(35)33-37-4)12-24(36-3)25(20)28/h7-14,17-18,31H,5-6,15-16H2,1-4H3,(H,33,35)(H,29,30,32)/t17-,18+. The largest absolute Gasteiger partial charge is 0.494 e. The molecule has 1 aliphatic heterocycles. The van der Waals surface area contributed by atoms with Gasteiger partial charge < -0.3 is 20.3 Å². The first-order valence-electron chi connectivity index (χ1n) is 12.2. The van der Waals surface area contributed by atoms with E-state index in [4.69, 9.17) is 4.74 Å². The maximum atomic E-state index is 14.8. The van der Waals surface area contributed by atoms with Gasteiger partial charge in [0.25, 0.3) is 5.91 Å². The Morgan fingerprint density at radius 2 is 1.76 bits per heavy atom. The number of nitrogens with one attached hydrogen (secondary N) is 3. The fraction of sp³-hybridized carbons (Fsp3) is 0.370. The van der Waals surface area contributed by atoms with E-state index >= 15 is 0 Å². The molecule has 0 unspecified atom stereocenters. The van der Waals surface area contributed by atoms with E-state index in [-0.39, 0.29) is 11.3 Å². The summed E-state index contributed by atoms with van der Waals surface area (Å²) < 4.78 is 19.9. The molecular formula is C27H33FN6O3. The van der Waals surface area contributed by atoms with Gasteiger partial charge in [-0.05, 0) is 74.2 Å². The molecule has 1 saturated heterocycles. The molecule has 4 rings (SSSR count). The van der Waals surface area contributed by atoms with Crippen molar-refractivity contribution < 1.29 is 18.8 Å². The maximum Gasteiger partial charge on any atom is 0.274 e. The summed E-state index contributed by atoms with van der Waals surface area (Å²) in [6.45, 7) is 6.35. The number of methoxy groups -OCH3 is 1. The van der Waals surface area contributed by atoms with Crippen LogP contribution in [0.3, 0.4) is 0 Å².